The Hall–Kier alpha value is -2.31. The van der Waals surface area contributed by atoms with Crippen LogP contribution in [-0.2, 0) is 16.4 Å². The molecule has 4 rings (SSSR count). The molecule has 0 unspecified atom stereocenters. The van der Waals surface area contributed by atoms with Crippen LogP contribution >= 0.6 is 11.8 Å². The summed E-state index contributed by atoms with van der Waals surface area (Å²) >= 11 is 1.52. The fourth-order valence-electron chi connectivity index (χ4n) is 3.38. The molecule has 1 heterocycles. The molecule has 27 heavy (non-hydrogen) atoms. The van der Waals surface area contributed by atoms with E-state index in [1.165, 1.54) is 27.7 Å². The minimum atomic E-state index is -3.27. The lowest BCUT2D eigenvalue weighted by Gasteiger charge is -2.16. The van der Waals surface area contributed by atoms with Crippen LogP contribution in [-0.4, -0.2) is 32.8 Å². The Labute approximate surface area is 163 Å². The number of rotatable bonds is 5. The van der Waals surface area contributed by atoms with Crippen LogP contribution in [0.1, 0.15) is 15.9 Å². The Bertz CT molecular complexity index is 1140. The van der Waals surface area contributed by atoms with Gasteiger partial charge in [0.1, 0.15) is 0 Å². The molecule has 0 saturated carbocycles. The number of fused-ring (bicyclic) bond motifs is 2. The van der Waals surface area contributed by atoms with E-state index in [0.717, 1.165) is 15.8 Å². The van der Waals surface area contributed by atoms with Crippen molar-refractivity contribution >= 4 is 44.0 Å². The predicted molar refractivity (Wildman–Crippen MR) is 111 cm³/mol. The number of Topliss-reactive ketones (excluding diaryl/α,β-unsaturated/α-hetero) is 1. The van der Waals surface area contributed by atoms with E-state index >= 15 is 0 Å². The highest BCUT2D eigenvalue weighted by Crippen LogP contribution is 2.31. The van der Waals surface area contributed by atoms with Crippen LogP contribution in [0, 0.1) is 0 Å². The number of benzene rings is 3. The molecule has 138 valence electrons. The quantitative estimate of drug-likeness (QED) is 0.480. The first-order chi connectivity index (χ1) is 12.9. The molecule has 0 saturated heterocycles. The highest BCUT2D eigenvalue weighted by atomic mass is 32.2. The minimum absolute atomic E-state index is 0.0498. The monoisotopic (exact) mass is 397 g/mol. The molecule has 3 aromatic carbocycles. The van der Waals surface area contributed by atoms with Gasteiger partial charge in [-0.15, -0.1) is 11.8 Å². The summed E-state index contributed by atoms with van der Waals surface area (Å²) in [6.07, 6.45) is 1.85. The molecule has 4 nitrogen and oxygen atoms in total. The summed E-state index contributed by atoms with van der Waals surface area (Å²) in [5.41, 5.74) is 2.25. The summed E-state index contributed by atoms with van der Waals surface area (Å²) in [4.78, 5) is 13.7. The van der Waals surface area contributed by atoms with Gasteiger partial charge in [-0.1, -0.05) is 30.3 Å². The number of hydrogen-bond acceptors (Lipinski definition) is 4. The number of ketones is 1. The molecule has 0 radical (unpaired) electrons. The number of hydrogen-bond donors (Lipinski definition) is 0. The van der Waals surface area contributed by atoms with Crippen molar-refractivity contribution in [2.75, 3.05) is 22.9 Å². The summed E-state index contributed by atoms with van der Waals surface area (Å²) in [5.74, 6) is 0.404. The number of thioether (sulfide) groups is 1. The van der Waals surface area contributed by atoms with Gasteiger partial charge in [0.2, 0.25) is 10.0 Å². The molecule has 3 aromatic rings. The zero-order valence-corrected chi connectivity index (χ0v) is 16.5. The van der Waals surface area contributed by atoms with E-state index in [4.69, 9.17) is 0 Å². The Morgan fingerprint density at radius 3 is 2.59 bits per heavy atom. The Kier molecular flexibility index (Phi) is 4.70. The molecule has 6 heteroatoms. The molecule has 0 fully saturated rings. The van der Waals surface area contributed by atoms with Crippen molar-refractivity contribution in [1.82, 2.24) is 0 Å². The molecular formula is C21H19NO3S2. The van der Waals surface area contributed by atoms with Crippen LogP contribution in [0.3, 0.4) is 0 Å². The normalized spacial score (nSPS) is 13.7. The molecule has 0 aliphatic carbocycles. The lowest BCUT2D eigenvalue weighted by atomic mass is 10.1. The second-order valence-corrected chi connectivity index (χ2v) is 9.60. The molecule has 0 aromatic heterocycles. The van der Waals surface area contributed by atoms with Crippen molar-refractivity contribution < 1.29 is 13.2 Å². The molecule has 1 aliphatic heterocycles. The van der Waals surface area contributed by atoms with Crippen molar-refractivity contribution in [1.29, 1.82) is 0 Å². The maximum atomic E-state index is 12.6. The maximum Gasteiger partial charge on any atom is 0.232 e. The van der Waals surface area contributed by atoms with E-state index in [1.54, 1.807) is 12.1 Å². The van der Waals surface area contributed by atoms with Gasteiger partial charge in [0.05, 0.1) is 17.7 Å². The van der Waals surface area contributed by atoms with Crippen LogP contribution in [0.4, 0.5) is 5.69 Å². The second-order valence-electron chi connectivity index (χ2n) is 6.65. The van der Waals surface area contributed by atoms with Crippen molar-refractivity contribution in [2.24, 2.45) is 0 Å². The highest BCUT2D eigenvalue weighted by Gasteiger charge is 2.26. The van der Waals surface area contributed by atoms with Gasteiger partial charge >= 0.3 is 0 Å². The fraction of sp³-hybridized carbons (Fsp3) is 0.190. The van der Waals surface area contributed by atoms with Crippen LogP contribution in [0.5, 0.6) is 0 Å². The number of carbonyl (C=O) groups excluding carboxylic acids is 1. The molecule has 1 aliphatic rings. The van der Waals surface area contributed by atoms with Crippen LogP contribution in [0.25, 0.3) is 10.8 Å². The average molecular weight is 398 g/mol. The Morgan fingerprint density at radius 2 is 1.81 bits per heavy atom. The summed E-state index contributed by atoms with van der Waals surface area (Å²) in [6, 6.07) is 19.7. The molecule has 0 amide bonds. The lowest BCUT2D eigenvalue weighted by molar-refractivity contribution is 0.102. The van der Waals surface area contributed by atoms with Crippen LogP contribution in [0.15, 0.2) is 65.6 Å². The molecule has 0 atom stereocenters. The highest BCUT2D eigenvalue weighted by molar-refractivity contribution is 8.00. The van der Waals surface area contributed by atoms with Gasteiger partial charge < -0.3 is 0 Å². The maximum absolute atomic E-state index is 12.6. The number of carbonyl (C=O) groups is 1. The van der Waals surface area contributed by atoms with Gasteiger partial charge in [0.15, 0.2) is 5.78 Å². The van der Waals surface area contributed by atoms with E-state index in [2.05, 4.69) is 24.3 Å². The minimum Gasteiger partial charge on any atom is -0.293 e. The largest absolute Gasteiger partial charge is 0.293 e. The Morgan fingerprint density at radius 1 is 1.04 bits per heavy atom. The van der Waals surface area contributed by atoms with Crippen molar-refractivity contribution in [3.8, 4) is 0 Å². The zero-order chi connectivity index (χ0) is 19.0. The van der Waals surface area contributed by atoms with Gasteiger partial charge in [0, 0.05) is 17.0 Å². The summed E-state index contributed by atoms with van der Waals surface area (Å²) in [6.45, 7) is 0.442. The third-order valence-corrected chi connectivity index (χ3v) is 6.92. The smallest absolute Gasteiger partial charge is 0.232 e. The summed E-state index contributed by atoms with van der Waals surface area (Å²) in [5, 5.41) is 2.34. The zero-order valence-electron chi connectivity index (χ0n) is 14.9. The summed E-state index contributed by atoms with van der Waals surface area (Å²) in [7, 11) is -3.27. The topological polar surface area (TPSA) is 54.5 Å². The van der Waals surface area contributed by atoms with Gasteiger partial charge in [-0.2, -0.15) is 0 Å². The standard InChI is InChI=1S/C21H19NO3S2/c1-27(24,25)22-11-10-17-12-18(7-9-20(17)22)21(23)14-26-19-8-6-15-4-2-3-5-16(15)13-19/h2-9,12-13H,10-11,14H2,1H3. The number of sulfonamides is 1. The van der Waals surface area contributed by atoms with Crippen LogP contribution < -0.4 is 4.31 Å². The third-order valence-electron chi connectivity index (χ3n) is 4.75. The van der Waals surface area contributed by atoms with Gasteiger partial charge in [0.25, 0.3) is 0 Å². The fourth-order valence-corrected chi connectivity index (χ4v) is 5.18. The van der Waals surface area contributed by atoms with E-state index < -0.39 is 10.0 Å². The van der Waals surface area contributed by atoms with E-state index in [0.29, 0.717) is 30.0 Å². The van der Waals surface area contributed by atoms with Gasteiger partial charge in [-0.05, 0) is 53.1 Å². The SMILES string of the molecule is CS(=O)(=O)N1CCc2cc(C(=O)CSc3ccc4ccccc4c3)ccc21. The molecule has 0 bridgehead atoms. The van der Waals surface area contributed by atoms with Crippen molar-refractivity contribution in [2.45, 2.75) is 11.3 Å². The van der Waals surface area contributed by atoms with E-state index in [-0.39, 0.29) is 5.78 Å². The Balaban J connectivity index is 1.48. The predicted octanol–water partition coefficient (Wildman–Crippen LogP) is 4.14. The molecule has 0 spiro atoms. The summed E-state index contributed by atoms with van der Waals surface area (Å²) < 4.78 is 25.0. The second kappa shape index (κ2) is 7.02. The van der Waals surface area contributed by atoms with Crippen molar-refractivity contribution in [3.05, 3.63) is 71.8 Å². The lowest BCUT2D eigenvalue weighted by Crippen LogP contribution is -2.27. The molecular weight excluding hydrogens is 378 g/mol. The van der Waals surface area contributed by atoms with Gasteiger partial charge in [-0.3, -0.25) is 9.10 Å². The first kappa shape index (κ1) is 18.1. The number of nitrogens with zero attached hydrogens (tertiary/aromatic N) is 1. The van der Waals surface area contributed by atoms with E-state index in [9.17, 15) is 13.2 Å². The first-order valence-electron chi connectivity index (χ1n) is 8.67. The van der Waals surface area contributed by atoms with E-state index in [1.807, 2.05) is 24.3 Å². The average Bonchev–Trinajstić information content (AvgIpc) is 3.09. The van der Waals surface area contributed by atoms with Crippen molar-refractivity contribution in [3.63, 3.8) is 0 Å². The number of anilines is 1. The first-order valence-corrected chi connectivity index (χ1v) is 11.5. The third kappa shape index (κ3) is 3.73. The molecule has 0 N–H and O–H groups in total. The van der Waals surface area contributed by atoms with Crippen LogP contribution in [0.2, 0.25) is 0 Å². The van der Waals surface area contributed by atoms with Gasteiger partial charge in [-0.25, -0.2) is 8.42 Å².